The predicted octanol–water partition coefficient (Wildman–Crippen LogP) is 2.84. The fourth-order valence-electron chi connectivity index (χ4n) is 2.84. The molecule has 0 saturated heterocycles. The van der Waals surface area contributed by atoms with Crippen molar-refractivity contribution >= 4 is 17.6 Å². The Hall–Kier alpha value is -3.68. The summed E-state index contributed by atoms with van der Waals surface area (Å²) >= 11 is 0. The van der Waals surface area contributed by atoms with Gasteiger partial charge in [-0.1, -0.05) is 0 Å². The van der Waals surface area contributed by atoms with E-state index in [2.05, 4.69) is 15.3 Å². The summed E-state index contributed by atoms with van der Waals surface area (Å²) in [5.74, 6) is -1.90. The van der Waals surface area contributed by atoms with Crippen LogP contribution in [-0.2, 0) is 10.3 Å². The molecule has 1 amide bonds. The van der Waals surface area contributed by atoms with Crippen molar-refractivity contribution in [3.8, 4) is 6.07 Å². The first-order valence-electron chi connectivity index (χ1n) is 8.19. The average molecular weight is 407 g/mol. The van der Waals surface area contributed by atoms with Crippen molar-refractivity contribution in [3.05, 3.63) is 59.2 Å². The number of hydrogen-bond acceptors (Lipinski definition) is 6. The SMILES string of the molecule is N#Cc1ccc(C(=O)Nc2ccc(F)c([C@]3(C(F)(F)F)CCOC(N)=N3)c2)nc1. The largest absolute Gasteiger partial charge is 0.465 e. The lowest BCUT2D eigenvalue weighted by molar-refractivity contribution is -0.196. The standard InChI is InChI=1S/C18H13F4N5O2/c19-13-3-2-11(26-15(28)14-4-1-10(8-23)9-25-14)7-12(13)17(18(20,21)22)5-6-29-16(24)27-17/h1-4,7,9H,5-6H2,(H2,24,27)(H,26,28)/t17-/m0/s1. The van der Waals surface area contributed by atoms with E-state index in [9.17, 15) is 22.4 Å². The van der Waals surface area contributed by atoms with Gasteiger partial charge in [-0.25, -0.2) is 14.4 Å². The molecule has 3 N–H and O–H groups in total. The van der Waals surface area contributed by atoms with Crippen LogP contribution in [0.3, 0.4) is 0 Å². The minimum Gasteiger partial charge on any atom is -0.465 e. The second-order valence-corrected chi connectivity index (χ2v) is 6.10. The van der Waals surface area contributed by atoms with E-state index in [0.29, 0.717) is 0 Å². The van der Waals surface area contributed by atoms with Crippen molar-refractivity contribution in [2.24, 2.45) is 10.7 Å². The number of nitrogens with zero attached hydrogens (tertiary/aromatic N) is 3. The number of aliphatic imine (C=N–C) groups is 1. The molecule has 1 aromatic heterocycles. The Morgan fingerprint density at radius 1 is 1.31 bits per heavy atom. The molecule has 2 heterocycles. The molecule has 3 rings (SSSR count). The van der Waals surface area contributed by atoms with Crippen LogP contribution in [0, 0.1) is 17.1 Å². The molecule has 29 heavy (non-hydrogen) atoms. The number of ether oxygens (including phenoxy) is 1. The predicted molar refractivity (Wildman–Crippen MR) is 93.2 cm³/mol. The molecule has 0 unspecified atom stereocenters. The number of nitrogens with one attached hydrogen (secondary N) is 1. The number of nitrogens with two attached hydrogens (primary N) is 1. The molecule has 11 heteroatoms. The average Bonchev–Trinajstić information content (AvgIpc) is 2.68. The number of carbonyl (C=O) groups excluding carboxylic acids is 1. The molecule has 0 aliphatic carbocycles. The normalized spacial score (nSPS) is 18.9. The molecule has 0 spiro atoms. The monoisotopic (exact) mass is 407 g/mol. The second-order valence-electron chi connectivity index (χ2n) is 6.10. The van der Waals surface area contributed by atoms with E-state index in [1.54, 1.807) is 0 Å². The molecule has 0 bridgehead atoms. The molecule has 7 nitrogen and oxygen atoms in total. The van der Waals surface area contributed by atoms with E-state index in [1.807, 2.05) is 6.07 Å². The summed E-state index contributed by atoms with van der Waals surface area (Å²) in [4.78, 5) is 19.4. The first-order chi connectivity index (χ1) is 13.7. The number of benzene rings is 1. The Morgan fingerprint density at radius 2 is 2.07 bits per heavy atom. The van der Waals surface area contributed by atoms with Gasteiger partial charge in [-0.05, 0) is 30.3 Å². The first-order valence-corrected chi connectivity index (χ1v) is 8.19. The van der Waals surface area contributed by atoms with Crippen LogP contribution < -0.4 is 11.1 Å². The maximum atomic E-state index is 14.4. The van der Waals surface area contributed by atoms with Crippen molar-refractivity contribution in [2.75, 3.05) is 11.9 Å². The zero-order valence-electron chi connectivity index (χ0n) is 14.6. The van der Waals surface area contributed by atoms with Crippen LogP contribution in [0.5, 0.6) is 0 Å². The van der Waals surface area contributed by atoms with Crippen LogP contribution in [0.25, 0.3) is 0 Å². The van der Waals surface area contributed by atoms with Crippen LogP contribution in [0.4, 0.5) is 23.2 Å². The molecule has 0 fully saturated rings. The molecule has 1 aliphatic heterocycles. The zero-order valence-corrected chi connectivity index (χ0v) is 14.6. The number of pyridine rings is 1. The summed E-state index contributed by atoms with van der Waals surface area (Å²) in [5, 5.41) is 11.1. The number of rotatable bonds is 3. The van der Waals surface area contributed by atoms with Gasteiger partial charge in [-0.15, -0.1) is 0 Å². The third-order valence-corrected chi connectivity index (χ3v) is 4.28. The van der Waals surface area contributed by atoms with Crippen LogP contribution in [0.1, 0.15) is 28.0 Å². The molecule has 1 aliphatic rings. The molecule has 0 saturated carbocycles. The number of carbonyl (C=O) groups is 1. The Labute approximate surface area is 161 Å². The minimum absolute atomic E-state index is 0.0752. The minimum atomic E-state index is -4.96. The lowest BCUT2D eigenvalue weighted by atomic mass is 9.85. The molecular weight excluding hydrogens is 394 g/mol. The number of hydrogen-bond donors (Lipinski definition) is 2. The van der Waals surface area contributed by atoms with Crippen LogP contribution >= 0.6 is 0 Å². The van der Waals surface area contributed by atoms with Crippen LogP contribution in [0.15, 0.2) is 41.5 Å². The van der Waals surface area contributed by atoms with Crippen LogP contribution in [-0.4, -0.2) is 29.7 Å². The van der Waals surface area contributed by atoms with E-state index >= 15 is 0 Å². The van der Waals surface area contributed by atoms with Gasteiger partial charge in [0.15, 0.2) is 5.54 Å². The van der Waals surface area contributed by atoms with Gasteiger partial charge in [-0.3, -0.25) is 4.79 Å². The van der Waals surface area contributed by atoms with E-state index in [4.69, 9.17) is 15.7 Å². The van der Waals surface area contributed by atoms with E-state index in [-0.39, 0.29) is 16.9 Å². The Balaban J connectivity index is 1.98. The van der Waals surface area contributed by atoms with Gasteiger partial charge in [0.1, 0.15) is 17.6 Å². The fraction of sp³-hybridized carbons (Fsp3) is 0.222. The number of alkyl halides is 3. The van der Waals surface area contributed by atoms with Crippen molar-refractivity contribution in [1.82, 2.24) is 4.98 Å². The molecule has 2 aromatic rings. The van der Waals surface area contributed by atoms with Crippen molar-refractivity contribution < 1.29 is 27.1 Å². The first kappa shape index (κ1) is 20.1. The Bertz CT molecular complexity index is 1010. The molecule has 0 radical (unpaired) electrons. The zero-order chi connectivity index (χ0) is 21.2. The quantitative estimate of drug-likeness (QED) is 0.760. The lowest BCUT2D eigenvalue weighted by Gasteiger charge is -2.35. The highest BCUT2D eigenvalue weighted by Gasteiger charge is 2.59. The number of aromatic nitrogens is 1. The summed E-state index contributed by atoms with van der Waals surface area (Å²) in [6.07, 6.45) is -4.47. The van der Waals surface area contributed by atoms with E-state index in [0.717, 1.165) is 18.2 Å². The molecule has 1 atom stereocenters. The highest BCUT2D eigenvalue weighted by atomic mass is 19.4. The third-order valence-electron chi connectivity index (χ3n) is 4.28. The summed E-state index contributed by atoms with van der Waals surface area (Å²) in [5.41, 5.74) is 1.65. The van der Waals surface area contributed by atoms with Crippen molar-refractivity contribution in [3.63, 3.8) is 0 Å². The van der Waals surface area contributed by atoms with Gasteiger partial charge in [0, 0.05) is 23.9 Å². The summed E-state index contributed by atoms with van der Waals surface area (Å²) < 4.78 is 60.7. The summed E-state index contributed by atoms with van der Waals surface area (Å²) in [6.45, 7) is -0.403. The van der Waals surface area contributed by atoms with Gasteiger partial charge >= 0.3 is 6.18 Å². The van der Waals surface area contributed by atoms with E-state index < -0.39 is 48.1 Å². The fourth-order valence-corrected chi connectivity index (χ4v) is 2.84. The van der Waals surface area contributed by atoms with Crippen LogP contribution in [0.2, 0.25) is 0 Å². The molecule has 1 aromatic carbocycles. The van der Waals surface area contributed by atoms with E-state index in [1.165, 1.54) is 18.3 Å². The highest BCUT2D eigenvalue weighted by molar-refractivity contribution is 6.02. The van der Waals surface area contributed by atoms with Gasteiger partial charge in [0.25, 0.3) is 11.9 Å². The van der Waals surface area contributed by atoms with Crippen molar-refractivity contribution in [2.45, 2.75) is 18.1 Å². The maximum absolute atomic E-state index is 14.4. The van der Waals surface area contributed by atoms with Crippen molar-refractivity contribution in [1.29, 1.82) is 5.26 Å². The Morgan fingerprint density at radius 3 is 2.66 bits per heavy atom. The van der Waals surface area contributed by atoms with Gasteiger partial charge in [-0.2, -0.15) is 18.4 Å². The second kappa shape index (κ2) is 7.38. The summed E-state index contributed by atoms with van der Waals surface area (Å²) in [6, 6.07) is 6.53. The lowest BCUT2D eigenvalue weighted by Crippen LogP contribution is -2.47. The smallest absolute Gasteiger partial charge is 0.418 e. The Kier molecular flexibility index (Phi) is 5.11. The number of halogens is 4. The third kappa shape index (κ3) is 3.82. The van der Waals surface area contributed by atoms with Gasteiger partial charge in [0.2, 0.25) is 0 Å². The van der Waals surface area contributed by atoms with Gasteiger partial charge in [0.05, 0.1) is 12.2 Å². The topological polar surface area (TPSA) is 113 Å². The number of anilines is 1. The maximum Gasteiger partial charge on any atom is 0.418 e. The van der Waals surface area contributed by atoms with Gasteiger partial charge < -0.3 is 15.8 Å². The summed E-state index contributed by atoms with van der Waals surface area (Å²) in [7, 11) is 0. The molecule has 150 valence electrons. The number of amidine groups is 1. The number of amides is 1. The molecular formula is C18H13F4N5O2. The highest BCUT2D eigenvalue weighted by Crippen LogP contribution is 2.47. The number of nitriles is 1.